The van der Waals surface area contributed by atoms with Crippen molar-refractivity contribution < 1.29 is 33.6 Å². The monoisotopic (exact) mass is 498 g/mol. The summed E-state index contributed by atoms with van der Waals surface area (Å²) in [5.74, 6) is 2.21. The summed E-state index contributed by atoms with van der Waals surface area (Å²) in [7, 11) is 1.62. The number of carbonyl (C=O) groups is 1. The largest absolute Gasteiger partial charge is 0.496 e. The zero-order valence-electron chi connectivity index (χ0n) is 20.6. The molecule has 2 N–H and O–H groups in total. The lowest BCUT2D eigenvalue weighted by Gasteiger charge is -2.44. The highest BCUT2D eigenvalue weighted by atomic mass is 16.7. The summed E-state index contributed by atoms with van der Waals surface area (Å²) in [6.07, 6.45) is 0.991. The number of nitrogens with zero attached hydrogens (tertiary/aromatic N) is 1. The van der Waals surface area contributed by atoms with Crippen LogP contribution in [0, 0.1) is 0 Å². The number of benzene rings is 2. The van der Waals surface area contributed by atoms with Crippen LogP contribution in [0.1, 0.15) is 30.4 Å². The van der Waals surface area contributed by atoms with Crippen molar-refractivity contribution in [3.63, 3.8) is 0 Å². The first kappa shape index (κ1) is 24.8. The van der Waals surface area contributed by atoms with Crippen LogP contribution >= 0.6 is 0 Å². The van der Waals surface area contributed by atoms with Crippen LogP contribution < -0.4 is 19.5 Å². The molecule has 5 rings (SSSR count). The van der Waals surface area contributed by atoms with E-state index in [1.165, 1.54) is 0 Å². The molecule has 0 saturated carbocycles. The maximum absolute atomic E-state index is 12.7. The molecule has 2 fully saturated rings. The molecule has 2 aromatic rings. The van der Waals surface area contributed by atoms with Crippen LogP contribution in [0.2, 0.25) is 0 Å². The number of hydrogen-bond acceptors (Lipinski definition) is 8. The number of nitrogens with one attached hydrogen (secondary N) is 1. The van der Waals surface area contributed by atoms with Crippen LogP contribution in [0.25, 0.3) is 0 Å². The molecule has 3 heterocycles. The Morgan fingerprint density at radius 2 is 2.00 bits per heavy atom. The fourth-order valence-corrected chi connectivity index (χ4v) is 5.22. The second-order valence-corrected chi connectivity index (χ2v) is 9.54. The zero-order valence-corrected chi connectivity index (χ0v) is 20.6. The van der Waals surface area contributed by atoms with E-state index in [0.717, 1.165) is 41.2 Å². The molecule has 0 radical (unpaired) electrons. The van der Waals surface area contributed by atoms with Crippen molar-refractivity contribution in [1.29, 1.82) is 0 Å². The van der Waals surface area contributed by atoms with E-state index in [-0.39, 0.29) is 37.6 Å². The average Bonchev–Trinajstić information content (AvgIpc) is 3.34. The van der Waals surface area contributed by atoms with Crippen LogP contribution in [0.4, 0.5) is 0 Å². The lowest BCUT2D eigenvalue weighted by Crippen LogP contribution is -2.55. The lowest BCUT2D eigenvalue weighted by molar-refractivity contribution is -0.158. The molecule has 2 saturated heterocycles. The third kappa shape index (κ3) is 5.92. The Hall–Kier alpha value is -2.85. The van der Waals surface area contributed by atoms with Gasteiger partial charge in [0, 0.05) is 31.2 Å². The van der Waals surface area contributed by atoms with E-state index < -0.39 is 6.10 Å². The third-order valence-electron chi connectivity index (χ3n) is 6.99. The predicted octanol–water partition coefficient (Wildman–Crippen LogP) is 2.24. The van der Waals surface area contributed by atoms with E-state index >= 15 is 0 Å². The third-order valence-corrected chi connectivity index (χ3v) is 6.99. The van der Waals surface area contributed by atoms with Crippen molar-refractivity contribution in [3.05, 3.63) is 53.6 Å². The van der Waals surface area contributed by atoms with Gasteiger partial charge in [0.1, 0.15) is 5.75 Å². The first-order valence-electron chi connectivity index (χ1n) is 12.5. The van der Waals surface area contributed by atoms with Crippen molar-refractivity contribution in [2.45, 2.75) is 56.7 Å². The predicted molar refractivity (Wildman–Crippen MR) is 131 cm³/mol. The van der Waals surface area contributed by atoms with Crippen molar-refractivity contribution in [2.75, 3.05) is 33.7 Å². The van der Waals surface area contributed by atoms with Gasteiger partial charge in [-0.3, -0.25) is 9.69 Å². The molecule has 4 atom stereocenters. The normalized spacial score (nSPS) is 25.9. The summed E-state index contributed by atoms with van der Waals surface area (Å²) in [6.45, 7) is 2.44. The van der Waals surface area contributed by atoms with Crippen molar-refractivity contribution in [2.24, 2.45) is 0 Å². The smallest absolute Gasteiger partial charge is 0.231 e. The van der Waals surface area contributed by atoms with Gasteiger partial charge in [0.2, 0.25) is 12.7 Å². The molecule has 9 nitrogen and oxygen atoms in total. The number of amides is 1. The zero-order chi connectivity index (χ0) is 24.9. The molecule has 36 heavy (non-hydrogen) atoms. The highest BCUT2D eigenvalue weighted by molar-refractivity contribution is 5.76. The number of ether oxygens (including phenoxy) is 5. The summed E-state index contributed by atoms with van der Waals surface area (Å²) in [5.41, 5.74) is 2.02. The van der Waals surface area contributed by atoms with Crippen LogP contribution in [0.3, 0.4) is 0 Å². The lowest BCUT2D eigenvalue weighted by atomic mass is 9.94. The van der Waals surface area contributed by atoms with Gasteiger partial charge in [0.15, 0.2) is 11.5 Å². The Bertz CT molecular complexity index is 1050. The molecule has 9 heteroatoms. The number of rotatable bonds is 7. The molecule has 2 aromatic carbocycles. The number of hydrogen-bond donors (Lipinski definition) is 2. The van der Waals surface area contributed by atoms with E-state index in [9.17, 15) is 9.90 Å². The molecule has 194 valence electrons. The summed E-state index contributed by atoms with van der Waals surface area (Å²) >= 11 is 0. The van der Waals surface area contributed by atoms with Crippen LogP contribution in [0.15, 0.2) is 42.5 Å². The molecular formula is C27H34N2O7. The molecule has 0 unspecified atom stereocenters. The highest BCUT2D eigenvalue weighted by Gasteiger charge is 2.38. The highest BCUT2D eigenvalue weighted by Crippen LogP contribution is 2.34. The molecule has 3 aliphatic rings. The molecule has 0 aliphatic carbocycles. The van der Waals surface area contributed by atoms with Crippen LogP contribution in [-0.2, 0) is 27.4 Å². The van der Waals surface area contributed by atoms with E-state index in [1.54, 1.807) is 7.11 Å². The van der Waals surface area contributed by atoms with Gasteiger partial charge in [0.25, 0.3) is 0 Å². The molecule has 0 aromatic heterocycles. The minimum Gasteiger partial charge on any atom is -0.496 e. The number of aliphatic hydroxyl groups is 1. The SMILES string of the molecule is COc1ccccc1CNC(=O)C[C@@H]1CC[C@H]2[C@@H](COC[C@H](O)CN2Cc2ccc3c(c2)OCO3)O1. The maximum Gasteiger partial charge on any atom is 0.231 e. The number of aliphatic hydroxyl groups excluding tert-OH is 1. The van der Waals surface area contributed by atoms with Crippen molar-refractivity contribution >= 4 is 5.91 Å². The molecule has 3 aliphatic heterocycles. The molecule has 0 bridgehead atoms. The fourth-order valence-electron chi connectivity index (χ4n) is 5.22. The first-order valence-corrected chi connectivity index (χ1v) is 12.5. The minimum absolute atomic E-state index is 0.0521. The number of methoxy groups -OCH3 is 1. The van der Waals surface area contributed by atoms with Gasteiger partial charge in [-0.2, -0.15) is 0 Å². The minimum atomic E-state index is -0.571. The Morgan fingerprint density at radius 1 is 1.14 bits per heavy atom. The summed E-state index contributed by atoms with van der Waals surface area (Å²) < 4.78 is 28.5. The van der Waals surface area contributed by atoms with Crippen LogP contribution in [-0.4, -0.2) is 73.9 Å². The quantitative estimate of drug-likeness (QED) is 0.600. The van der Waals surface area contributed by atoms with E-state index in [4.69, 9.17) is 23.7 Å². The molecule has 0 spiro atoms. The van der Waals surface area contributed by atoms with Gasteiger partial charge in [-0.25, -0.2) is 0 Å². The number of carbonyl (C=O) groups excluding carboxylic acids is 1. The van der Waals surface area contributed by atoms with E-state index in [0.29, 0.717) is 32.7 Å². The second-order valence-electron chi connectivity index (χ2n) is 9.54. The Morgan fingerprint density at radius 3 is 2.89 bits per heavy atom. The number of β-amino-alcohol motifs (C(OH)–C–C–N with tert-alkyl or cyclic N) is 1. The van der Waals surface area contributed by atoms with E-state index in [2.05, 4.69) is 10.2 Å². The second kappa shape index (κ2) is 11.5. The maximum atomic E-state index is 12.7. The van der Waals surface area contributed by atoms with E-state index in [1.807, 2.05) is 42.5 Å². The van der Waals surface area contributed by atoms with Gasteiger partial charge in [0.05, 0.1) is 45.1 Å². The van der Waals surface area contributed by atoms with Gasteiger partial charge < -0.3 is 34.1 Å². The summed E-state index contributed by atoms with van der Waals surface area (Å²) in [5, 5.41) is 13.4. The van der Waals surface area contributed by atoms with Gasteiger partial charge >= 0.3 is 0 Å². The van der Waals surface area contributed by atoms with Gasteiger partial charge in [-0.15, -0.1) is 0 Å². The van der Waals surface area contributed by atoms with Crippen molar-refractivity contribution in [1.82, 2.24) is 10.2 Å². The van der Waals surface area contributed by atoms with Gasteiger partial charge in [-0.1, -0.05) is 24.3 Å². The first-order chi connectivity index (χ1) is 17.6. The molecule has 1 amide bonds. The topological polar surface area (TPSA) is 98.7 Å². The van der Waals surface area contributed by atoms with Crippen molar-refractivity contribution in [3.8, 4) is 17.2 Å². The standard InChI is InChI=1S/C27H34N2O7/c1-32-23-5-3-2-4-19(23)12-28-27(31)11-21-7-8-22-26(36-21)16-33-15-20(30)14-29(22)13-18-6-9-24-25(10-18)35-17-34-24/h2-6,9-10,20-22,26,30H,7-8,11-17H2,1H3,(H,28,31)/t20-,21+,22+,26-/m1/s1. The summed E-state index contributed by atoms with van der Waals surface area (Å²) in [4.78, 5) is 15.0. The Kier molecular flexibility index (Phi) is 7.91. The molecular weight excluding hydrogens is 464 g/mol. The fraction of sp³-hybridized carbons (Fsp3) is 0.519. The van der Waals surface area contributed by atoms with Crippen LogP contribution in [0.5, 0.6) is 17.2 Å². The Labute approximate surface area is 211 Å². The average molecular weight is 499 g/mol. The number of para-hydroxylation sites is 1. The Balaban J connectivity index is 1.19. The van der Waals surface area contributed by atoms with Gasteiger partial charge in [-0.05, 0) is 36.6 Å². The number of fused-ring (bicyclic) bond motifs is 2. The summed E-state index contributed by atoms with van der Waals surface area (Å²) in [6, 6.07) is 13.7.